The van der Waals surface area contributed by atoms with E-state index in [0.717, 1.165) is 12.5 Å². The zero-order valence-electron chi connectivity index (χ0n) is 22.0. The quantitative estimate of drug-likeness (QED) is 0.173. The van der Waals surface area contributed by atoms with Crippen molar-refractivity contribution < 1.29 is 44.3 Å². The fourth-order valence-electron chi connectivity index (χ4n) is 4.15. The Morgan fingerprint density at radius 2 is 1.67 bits per heavy atom. The van der Waals surface area contributed by atoms with Gasteiger partial charge in [0.2, 0.25) is 0 Å². The van der Waals surface area contributed by atoms with Crippen LogP contribution >= 0.6 is 11.6 Å². The van der Waals surface area contributed by atoms with E-state index in [9.17, 15) is 30.4 Å². The van der Waals surface area contributed by atoms with Crippen LogP contribution in [0.15, 0.2) is 85.7 Å². The number of nitrogens with two attached hydrogens (primary N) is 1. The Morgan fingerprint density at radius 3 is 2.37 bits per heavy atom. The second kappa shape index (κ2) is 10.7. The molecule has 2 N–H and O–H groups in total. The SMILES string of the molecule is Cc1nc(-c2ccc3c(c2)OC(F)(F)O3)c(-c2cc(-c3cccc(S(C)(=O)=O)c3)ccc2N=CC(Cl)=C(N)C(F)(F)F)o1. The van der Waals surface area contributed by atoms with Gasteiger partial charge in [-0.1, -0.05) is 29.8 Å². The first kappa shape index (κ1) is 30.0. The van der Waals surface area contributed by atoms with Crippen LogP contribution in [0.5, 0.6) is 11.5 Å². The molecule has 224 valence electrons. The van der Waals surface area contributed by atoms with Crippen molar-refractivity contribution >= 4 is 33.3 Å². The monoisotopic (exact) mass is 639 g/mol. The number of benzene rings is 3. The minimum Gasteiger partial charge on any atom is -0.440 e. The van der Waals surface area contributed by atoms with Crippen molar-refractivity contribution in [3.05, 3.63) is 77.3 Å². The minimum atomic E-state index is -4.90. The first-order valence-corrected chi connectivity index (χ1v) is 14.4. The molecule has 0 spiro atoms. The van der Waals surface area contributed by atoms with Crippen molar-refractivity contribution in [2.45, 2.75) is 24.3 Å². The number of halogens is 6. The fourth-order valence-corrected chi connectivity index (χ4v) is 4.97. The van der Waals surface area contributed by atoms with Crippen LogP contribution in [0.25, 0.3) is 33.7 Å². The molecular formula is C28H19ClF5N3O5S. The molecule has 4 aromatic rings. The molecule has 0 saturated carbocycles. The molecule has 15 heteroatoms. The molecule has 0 fully saturated rings. The minimum absolute atomic E-state index is 0.0570. The highest BCUT2D eigenvalue weighted by Gasteiger charge is 2.43. The van der Waals surface area contributed by atoms with Gasteiger partial charge in [-0.3, -0.25) is 4.99 Å². The Morgan fingerprint density at radius 1 is 1.00 bits per heavy atom. The normalized spacial score (nSPS) is 15.2. The third-order valence-electron chi connectivity index (χ3n) is 6.13. The van der Waals surface area contributed by atoms with Gasteiger partial charge in [0, 0.05) is 30.5 Å². The van der Waals surface area contributed by atoms with E-state index >= 15 is 0 Å². The Kier molecular flexibility index (Phi) is 7.47. The highest BCUT2D eigenvalue weighted by Crippen LogP contribution is 2.46. The maximum absolute atomic E-state index is 13.6. The summed E-state index contributed by atoms with van der Waals surface area (Å²) in [6.07, 6.45) is -6.97. The summed E-state index contributed by atoms with van der Waals surface area (Å²) in [5.74, 6) is -0.220. The summed E-state index contributed by atoms with van der Waals surface area (Å²) in [4.78, 5) is 8.54. The number of hydrogen-bond acceptors (Lipinski definition) is 8. The van der Waals surface area contributed by atoms with Crippen LogP contribution in [0.2, 0.25) is 0 Å². The van der Waals surface area contributed by atoms with Crippen LogP contribution in [0, 0.1) is 6.92 Å². The molecule has 2 heterocycles. The number of rotatable bonds is 6. The Hall–Kier alpha value is -4.43. The number of aromatic nitrogens is 1. The standard InChI is InChI=1S/C28H19ClF5N3O5S/c1-14-37-24(17-7-9-22-23(12-17)42-28(33,34)41-22)25(40-14)19-11-16(15-4-3-5-18(10-15)43(2,38)39)6-8-21(19)36-13-20(29)26(35)27(30,31)32/h3-13H,35H2,1-2H3. The predicted molar refractivity (Wildman–Crippen MR) is 148 cm³/mol. The number of oxazole rings is 1. The molecule has 0 amide bonds. The van der Waals surface area contributed by atoms with E-state index < -0.39 is 33.0 Å². The summed E-state index contributed by atoms with van der Waals surface area (Å²) in [5.41, 5.74) is 5.24. The van der Waals surface area contributed by atoms with Crippen LogP contribution in [0.4, 0.5) is 27.6 Å². The summed E-state index contributed by atoms with van der Waals surface area (Å²) in [7, 11) is -3.55. The number of allylic oxidation sites excluding steroid dienone is 2. The van der Waals surface area contributed by atoms with E-state index in [1.165, 1.54) is 43.3 Å². The highest BCUT2D eigenvalue weighted by atomic mass is 35.5. The van der Waals surface area contributed by atoms with Crippen molar-refractivity contribution in [1.29, 1.82) is 0 Å². The third-order valence-corrected chi connectivity index (χ3v) is 7.54. The average Bonchev–Trinajstić information content (AvgIpc) is 3.47. The van der Waals surface area contributed by atoms with E-state index in [1.807, 2.05) is 0 Å². The maximum Gasteiger partial charge on any atom is 0.586 e. The van der Waals surface area contributed by atoms with Gasteiger partial charge in [-0.05, 0) is 53.6 Å². The van der Waals surface area contributed by atoms with Gasteiger partial charge >= 0.3 is 12.5 Å². The van der Waals surface area contributed by atoms with Gasteiger partial charge in [-0.2, -0.15) is 13.2 Å². The number of hydrogen-bond donors (Lipinski definition) is 1. The second-order valence-electron chi connectivity index (χ2n) is 9.29. The van der Waals surface area contributed by atoms with Crippen LogP contribution in [0.3, 0.4) is 0 Å². The molecule has 0 radical (unpaired) electrons. The Labute approximate surface area is 246 Å². The molecule has 3 aromatic carbocycles. The van der Waals surface area contributed by atoms with Crippen LogP contribution in [0.1, 0.15) is 5.89 Å². The Bertz CT molecular complexity index is 1920. The molecule has 43 heavy (non-hydrogen) atoms. The number of fused-ring (bicyclic) bond motifs is 1. The van der Waals surface area contributed by atoms with Crippen molar-refractivity contribution in [1.82, 2.24) is 4.98 Å². The number of alkyl halides is 5. The lowest BCUT2D eigenvalue weighted by molar-refractivity contribution is -0.286. The van der Waals surface area contributed by atoms with Gasteiger partial charge in [0.15, 0.2) is 33.0 Å². The molecule has 1 aromatic heterocycles. The molecule has 0 saturated heterocycles. The van der Waals surface area contributed by atoms with E-state index in [0.29, 0.717) is 11.1 Å². The van der Waals surface area contributed by atoms with Gasteiger partial charge in [0.25, 0.3) is 0 Å². The predicted octanol–water partition coefficient (Wildman–Crippen LogP) is 7.38. The summed E-state index contributed by atoms with van der Waals surface area (Å²) >= 11 is 5.77. The lowest BCUT2D eigenvalue weighted by atomic mass is 9.98. The Balaban J connectivity index is 1.69. The highest BCUT2D eigenvalue weighted by molar-refractivity contribution is 7.90. The summed E-state index contributed by atoms with van der Waals surface area (Å²) < 4.78 is 106. The van der Waals surface area contributed by atoms with Gasteiger partial charge in [-0.25, -0.2) is 13.4 Å². The number of nitrogens with zero attached hydrogens (tertiary/aromatic N) is 2. The maximum atomic E-state index is 13.6. The van der Waals surface area contributed by atoms with Crippen LogP contribution in [-0.2, 0) is 9.84 Å². The zero-order valence-corrected chi connectivity index (χ0v) is 23.6. The topological polar surface area (TPSA) is 117 Å². The summed E-state index contributed by atoms with van der Waals surface area (Å²) in [5, 5.41) is -0.867. The first-order valence-electron chi connectivity index (χ1n) is 12.1. The smallest absolute Gasteiger partial charge is 0.440 e. The number of aliphatic imine (C=N–C) groups is 1. The molecule has 8 nitrogen and oxygen atoms in total. The summed E-state index contributed by atoms with van der Waals surface area (Å²) in [6.45, 7) is 1.53. The van der Waals surface area contributed by atoms with Gasteiger partial charge in [-0.15, -0.1) is 8.78 Å². The summed E-state index contributed by atoms with van der Waals surface area (Å²) in [6, 6.07) is 14.6. The third kappa shape index (κ3) is 6.34. The van der Waals surface area contributed by atoms with Gasteiger partial charge in [0.05, 0.1) is 15.6 Å². The van der Waals surface area contributed by atoms with Crippen molar-refractivity contribution in [2.75, 3.05) is 6.26 Å². The van der Waals surface area contributed by atoms with E-state index in [1.54, 1.807) is 24.3 Å². The van der Waals surface area contributed by atoms with Gasteiger partial charge < -0.3 is 19.6 Å². The molecule has 5 rings (SSSR count). The fraction of sp³-hybridized carbons (Fsp3) is 0.143. The van der Waals surface area contributed by atoms with E-state index in [4.69, 9.17) is 21.8 Å². The zero-order chi connectivity index (χ0) is 31.3. The van der Waals surface area contributed by atoms with Crippen molar-refractivity contribution in [3.8, 4) is 45.2 Å². The molecule has 1 aliphatic rings. The number of sulfone groups is 1. The van der Waals surface area contributed by atoms with E-state index in [-0.39, 0.29) is 50.6 Å². The molecule has 0 aliphatic carbocycles. The van der Waals surface area contributed by atoms with E-state index in [2.05, 4.69) is 19.5 Å². The van der Waals surface area contributed by atoms with Crippen molar-refractivity contribution in [3.63, 3.8) is 0 Å². The van der Waals surface area contributed by atoms with Crippen molar-refractivity contribution in [2.24, 2.45) is 10.7 Å². The molecule has 0 atom stereocenters. The number of aryl methyl sites for hydroxylation is 1. The largest absolute Gasteiger partial charge is 0.586 e. The number of ether oxygens (including phenoxy) is 2. The van der Waals surface area contributed by atoms with Gasteiger partial charge in [0.1, 0.15) is 11.4 Å². The second-order valence-corrected chi connectivity index (χ2v) is 11.7. The van der Waals surface area contributed by atoms with Crippen LogP contribution in [-0.4, -0.2) is 38.3 Å². The lowest BCUT2D eigenvalue weighted by Crippen LogP contribution is -2.25. The molecular weight excluding hydrogens is 621 g/mol. The average molecular weight is 640 g/mol. The van der Waals surface area contributed by atoms with Crippen LogP contribution < -0.4 is 15.2 Å². The molecule has 0 unspecified atom stereocenters. The lowest BCUT2D eigenvalue weighted by Gasteiger charge is -2.11. The molecule has 0 bridgehead atoms. The molecule has 1 aliphatic heterocycles. The first-order chi connectivity index (χ1) is 20.0.